The monoisotopic (exact) mass is 270 g/mol. The summed E-state index contributed by atoms with van der Waals surface area (Å²) in [6.07, 6.45) is 0.619. The second-order valence-corrected chi connectivity index (χ2v) is 4.38. The Morgan fingerprint density at radius 1 is 1.53 bits per heavy atom. The molecule has 0 aliphatic rings. The molecule has 0 radical (unpaired) electrons. The van der Waals surface area contributed by atoms with Crippen LogP contribution in [0.25, 0.3) is 0 Å². The number of carbonyl (C=O) groups excluding carboxylic acids is 1. The zero-order valence-electron chi connectivity index (χ0n) is 10.6. The molecule has 1 heterocycles. The van der Waals surface area contributed by atoms with Crippen LogP contribution in [-0.4, -0.2) is 41.2 Å². The molecule has 19 heavy (non-hydrogen) atoms. The van der Waals surface area contributed by atoms with Crippen LogP contribution >= 0.6 is 0 Å². The van der Waals surface area contributed by atoms with E-state index in [4.69, 9.17) is 9.84 Å². The summed E-state index contributed by atoms with van der Waals surface area (Å²) >= 11 is 0. The SMILES string of the molecule is COCC(C)(CC(=O)O)NC(=O)c1ccc(F)cn1. The van der Waals surface area contributed by atoms with Crippen molar-refractivity contribution in [3.63, 3.8) is 0 Å². The second kappa shape index (κ2) is 6.24. The Hall–Kier alpha value is -2.02. The van der Waals surface area contributed by atoms with Crippen LogP contribution < -0.4 is 5.32 Å². The van der Waals surface area contributed by atoms with Gasteiger partial charge in [0.1, 0.15) is 11.5 Å². The number of carbonyl (C=O) groups is 2. The van der Waals surface area contributed by atoms with E-state index in [2.05, 4.69) is 10.3 Å². The average Bonchev–Trinajstić information content (AvgIpc) is 2.28. The van der Waals surface area contributed by atoms with E-state index < -0.39 is 23.2 Å². The van der Waals surface area contributed by atoms with E-state index in [1.165, 1.54) is 13.2 Å². The number of ether oxygens (including phenoxy) is 1. The molecule has 1 aromatic rings. The number of aliphatic carboxylic acids is 1. The van der Waals surface area contributed by atoms with Crippen LogP contribution in [0.3, 0.4) is 0 Å². The minimum absolute atomic E-state index is 0.00844. The smallest absolute Gasteiger partial charge is 0.305 e. The van der Waals surface area contributed by atoms with Crippen molar-refractivity contribution in [2.24, 2.45) is 0 Å². The number of amides is 1. The predicted octanol–water partition coefficient (Wildman–Crippen LogP) is 0.830. The van der Waals surface area contributed by atoms with Crippen LogP contribution in [0.5, 0.6) is 0 Å². The molecule has 0 saturated heterocycles. The van der Waals surface area contributed by atoms with Crippen molar-refractivity contribution in [3.05, 3.63) is 29.8 Å². The summed E-state index contributed by atoms with van der Waals surface area (Å²) < 4.78 is 17.6. The summed E-state index contributed by atoms with van der Waals surface area (Å²) in [5.74, 6) is -2.20. The van der Waals surface area contributed by atoms with Crippen LogP contribution in [0.4, 0.5) is 4.39 Å². The molecule has 6 nitrogen and oxygen atoms in total. The summed E-state index contributed by atoms with van der Waals surface area (Å²) in [7, 11) is 1.41. The van der Waals surface area contributed by atoms with Crippen LogP contribution in [-0.2, 0) is 9.53 Å². The number of hydrogen-bond donors (Lipinski definition) is 2. The van der Waals surface area contributed by atoms with Crippen LogP contribution in [0, 0.1) is 5.82 Å². The van der Waals surface area contributed by atoms with Crippen molar-refractivity contribution in [1.29, 1.82) is 0 Å². The first kappa shape index (κ1) is 15.0. The van der Waals surface area contributed by atoms with Crippen molar-refractivity contribution >= 4 is 11.9 Å². The zero-order valence-corrected chi connectivity index (χ0v) is 10.6. The summed E-state index contributed by atoms with van der Waals surface area (Å²) in [6, 6.07) is 2.32. The maximum absolute atomic E-state index is 12.7. The molecule has 0 aliphatic heterocycles. The molecule has 0 aromatic carbocycles. The van der Waals surface area contributed by atoms with Crippen LogP contribution in [0.15, 0.2) is 18.3 Å². The number of nitrogens with one attached hydrogen (secondary N) is 1. The number of carboxylic acid groups (broad SMARTS) is 1. The third-order valence-corrected chi connectivity index (χ3v) is 2.38. The number of nitrogens with zero attached hydrogens (tertiary/aromatic N) is 1. The van der Waals surface area contributed by atoms with Gasteiger partial charge in [0.15, 0.2) is 0 Å². The van der Waals surface area contributed by atoms with Crippen LogP contribution in [0.1, 0.15) is 23.8 Å². The number of aromatic nitrogens is 1. The molecule has 0 saturated carbocycles. The first-order valence-corrected chi connectivity index (χ1v) is 5.51. The van der Waals surface area contributed by atoms with Gasteiger partial charge in [-0.15, -0.1) is 0 Å². The summed E-state index contributed by atoms with van der Waals surface area (Å²) in [4.78, 5) is 26.3. The Labute approximate surface area is 109 Å². The molecule has 0 fully saturated rings. The molecule has 0 aliphatic carbocycles. The lowest BCUT2D eigenvalue weighted by Gasteiger charge is -2.28. The van der Waals surface area contributed by atoms with Gasteiger partial charge in [-0.05, 0) is 19.1 Å². The highest BCUT2D eigenvalue weighted by Crippen LogP contribution is 2.11. The van der Waals surface area contributed by atoms with E-state index in [1.807, 2.05) is 0 Å². The molecular formula is C12H15FN2O4. The molecule has 1 atom stereocenters. The number of carboxylic acids is 1. The molecule has 0 spiro atoms. The number of hydrogen-bond acceptors (Lipinski definition) is 4. The Morgan fingerprint density at radius 2 is 2.21 bits per heavy atom. The first-order chi connectivity index (χ1) is 8.86. The molecule has 1 amide bonds. The molecule has 1 aromatic heterocycles. The van der Waals surface area contributed by atoms with Gasteiger partial charge >= 0.3 is 5.97 Å². The van der Waals surface area contributed by atoms with Gasteiger partial charge in [-0.25, -0.2) is 9.37 Å². The maximum Gasteiger partial charge on any atom is 0.305 e. The third kappa shape index (κ3) is 4.63. The molecule has 104 valence electrons. The van der Waals surface area contributed by atoms with Crippen molar-refractivity contribution in [3.8, 4) is 0 Å². The Balaban J connectivity index is 2.81. The first-order valence-electron chi connectivity index (χ1n) is 5.51. The van der Waals surface area contributed by atoms with Gasteiger partial charge in [-0.3, -0.25) is 9.59 Å². The molecule has 0 bridgehead atoms. The van der Waals surface area contributed by atoms with Crippen molar-refractivity contribution in [1.82, 2.24) is 10.3 Å². The summed E-state index contributed by atoms with van der Waals surface area (Å²) in [5.41, 5.74) is -1.05. The number of pyridine rings is 1. The van der Waals surface area contributed by atoms with E-state index in [0.29, 0.717) is 0 Å². The lowest BCUT2D eigenvalue weighted by atomic mass is 9.98. The van der Waals surface area contributed by atoms with Crippen LogP contribution in [0.2, 0.25) is 0 Å². The zero-order chi connectivity index (χ0) is 14.5. The summed E-state index contributed by atoms with van der Waals surface area (Å²) in [6.45, 7) is 1.58. The van der Waals surface area contributed by atoms with Gasteiger partial charge in [-0.2, -0.15) is 0 Å². The third-order valence-electron chi connectivity index (χ3n) is 2.38. The van der Waals surface area contributed by atoms with Gasteiger partial charge in [0.25, 0.3) is 5.91 Å². The minimum Gasteiger partial charge on any atom is -0.481 e. The summed E-state index contributed by atoms with van der Waals surface area (Å²) in [5, 5.41) is 11.4. The largest absolute Gasteiger partial charge is 0.481 e. The van der Waals surface area contributed by atoms with Gasteiger partial charge in [0.05, 0.1) is 24.8 Å². The highest BCUT2D eigenvalue weighted by molar-refractivity contribution is 5.93. The van der Waals surface area contributed by atoms with E-state index >= 15 is 0 Å². The van der Waals surface area contributed by atoms with Crippen molar-refractivity contribution in [2.45, 2.75) is 18.9 Å². The fourth-order valence-electron chi connectivity index (χ4n) is 1.63. The lowest BCUT2D eigenvalue weighted by molar-refractivity contribution is -0.139. The second-order valence-electron chi connectivity index (χ2n) is 4.38. The fraction of sp³-hybridized carbons (Fsp3) is 0.417. The molecule has 1 unspecified atom stereocenters. The van der Waals surface area contributed by atoms with E-state index in [9.17, 15) is 14.0 Å². The van der Waals surface area contributed by atoms with Crippen molar-refractivity contribution in [2.75, 3.05) is 13.7 Å². The molecule has 1 rings (SSSR count). The van der Waals surface area contributed by atoms with E-state index in [1.54, 1.807) is 6.92 Å². The number of methoxy groups -OCH3 is 1. The predicted molar refractivity (Wildman–Crippen MR) is 64.2 cm³/mol. The molecular weight excluding hydrogens is 255 g/mol. The topological polar surface area (TPSA) is 88.5 Å². The van der Waals surface area contributed by atoms with Gasteiger partial charge in [-0.1, -0.05) is 0 Å². The standard InChI is InChI=1S/C12H15FN2O4/c1-12(7-19-2,5-10(16)17)15-11(18)9-4-3-8(13)6-14-9/h3-4,6H,5,7H2,1-2H3,(H,15,18)(H,16,17). The fourth-order valence-corrected chi connectivity index (χ4v) is 1.63. The Bertz CT molecular complexity index is 463. The number of rotatable bonds is 6. The van der Waals surface area contributed by atoms with E-state index in [-0.39, 0.29) is 18.7 Å². The minimum atomic E-state index is -1.06. The van der Waals surface area contributed by atoms with Gasteiger partial charge < -0.3 is 15.2 Å². The highest BCUT2D eigenvalue weighted by atomic mass is 19.1. The molecule has 7 heteroatoms. The highest BCUT2D eigenvalue weighted by Gasteiger charge is 2.30. The van der Waals surface area contributed by atoms with Crippen molar-refractivity contribution < 1.29 is 23.8 Å². The lowest BCUT2D eigenvalue weighted by Crippen LogP contribution is -2.50. The van der Waals surface area contributed by atoms with Gasteiger partial charge in [0, 0.05) is 7.11 Å². The van der Waals surface area contributed by atoms with E-state index in [0.717, 1.165) is 12.3 Å². The normalized spacial score (nSPS) is 13.6. The Morgan fingerprint density at radius 3 is 2.68 bits per heavy atom. The number of halogens is 1. The quantitative estimate of drug-likeness (QED) is 0.799. The van der Waals surface area contributed by atoms with Gasteiger partial charge in [0.2, 0.25) is 0 Å². The Kier molecular flexibility index (Phi) is 4.94. The average molecular weight is 270 g/mol. The maximum atomic E-state index is 12.7. The molecule has 2 N–H and O–H groups in total.